The van der Waals surface area contributed by atoms with Crippen LogP contribution in [0.3, 0.4) is 0 Å². The number of carboxylic acids is 1. The Hall–Kier alpha value is -0.541. The predicted molar refractivity (Wildman–Crippen MR) is 37.2 cm³/mol. The van der Waals surface area contributed by atoms with E-state index >= 15 is 0 Å². The topological polar surface area (TPSA) is 66.4 Å². The van der Waals surface area contributed by atoms with Crippen LogP contribution in [0.2, 0.25) is 5.32 Å². The zero-order valence-corrected chi connectivity index (χ0v) is 7.37. The maximum atomic E-state index is 10.3. The van der Waals surface area contributed by atoms with Crippen LogP contribution in [0.4, 0.5) is 0 Å². The van der Waals surface area contributed by atoms with Crippen molar-refractivity contribution in [2.75, 3.05) is 0 Å². The van der Waals surface area contributed by atoms with Gasteiger partial charge in [0.1, 0.15) is 0 Å². The average molecular weight is 210 g/mol. The molecule has 0 spiro atoms. The van der Waals surface area contributed by atoms with E-state index in [1.165, 1.54) is 6.92 Å². The van der Waals surface area contributed by atoms with Crippen LogP contribution >= 0.6 is 0 Å². The van der Waals surface area contributed by atoms with Crippen LogP contribution < -0.4 is 5.32 Å². The minimum atomic E-state index is -1.00. The summed E-state index contributed by atoms with van der Waals surface area (Å²) in [6, 6.07) is -0.766. The number of amides is 1. The Morgan fingerprint density at radius 2 is 2.20 bits per heavy atom. The average Bonchev–Trinajstić information content (AvgIpc) is 1.81. The molecule has 1 unspecified atom stereocenters. The van der Waals surface area contributed by atoms with E-state index in [0.29, 0.717) is 5.32 Å². The summed E-state index contributed by atoms with van der Waals surface area (Å²) >= 11 is 2.12. The number of carbonyl (C=O) groups excluding carboxylic acids is 1. The van der Waals surface area contributed by atoms with Crippen molar-refractivity contribution in [3.8, 4) is 0 Å². The molecule has 0 bridgehead atoms. The van der Waals surface area contributed by atoms with Gasteiger partial charge in [0.15, 0.2) is 0 Å². The molecule has 0 fully saturated rings. The Balaban J connectivity index is 3.83. The zero-order valence-electron chi connectivity index (χ0n) is 5.50. The summed E-state index contributed by atoms with van der Waals surface area (Å²) in [6.45, 7) is 1.29. The van der Waals surface area contributed by atoms with Crippen LogP contribution in [0.25, 0.3) is 0 Å². The van der Waals surface area contributed by atoms with Crippen molar-refractivity contribution in [2.24, 2.45) is 0 Å². The Morgan fingerprint density at radius 1 is 1.70 bits per heavy atom. The molecule has 0 heterocycles. The van der Waals surface area contributed by atoms with E-state index in [4.69, 9.17) is 5.11 Å². The first-order chi connectivity index (χ1) is 4.57. The molecular weight excluding hydrogens is 201 g/mol. The Bertz CT molecular complexity index is 148. The molecule has 58 valence electrons. The first-order valence-electron chi connectivity index (χ1n) is 2.68. The molecule has 2 N–H and O–H groups in total. The number of hydrogen-bond acceptors (Lipinski definition) is 2. The number of carboxylic acid groups (broad SMARTS) is 1. The third-order valence-corrected chi connectivity index (χ3v) is 1.62. The first-order valence-corrected chi connectivity index (χ1v) is 4.01. The van der Waals surface area contributed by atoms with Gasteiger partial charge in [-0.15, -0.1) is 0 Å². The second kappa shape index (κ2) is 4.30. The molecule has 1 amide bonds. The summed E-state index contributed by atoms with van der Waals surface area (Å²) in [4.78, 5) is 20.6. The van der Waals surface area contributed by atoms with Gasteiger partial charge >= 0.3 is 66.2 Å². The Morgan fingerprint density at radius 3 is 2.30 bits per heavy atom. The third kappa shape index (κ3) is 3.48. The van der Waals surface area contributed by atoms with Crippen molar-refractivity contribution < 1.29 is 14.7 Å². The summed E-state index contributed by atoms with van der Waals surface area (Å²) in [6.07, 6.45) is 0. The first kappa shape index (κ1) is 9.46. The Kier molecular flexibility index (Phi) is 4.07. The molecule has 10 heavy (non-hydrogen) atoms. The van der Waals surface area contributed by atoms with E-state index in [1.807, 2.05) is 0 Å². The standard InChI is InChI=1S/C5H9NO3Se/c1-3(7)6-4(2-10)5(8)9/h4,10H,2H2,1H3,(H,6,7)(H,8,9). The minimum absolute atomic E-state index is 0.321. The van der Waals surface area contributed by atoms with Gasteiger partial charge in [0.2, 0.25) is 0 Å². The van der Waals surface area contributed by atoms with Crippen LogP contribution in [-0.2, 0) is 9.59 Å². The van der Waals surface area contributed by atoms with Gasteiger partial charge in [-0.05, 0) is 0 Å². The fourth-order valence-electron chi connectivity index (χ4n) is 0.431. The Labute approximate surface area is 66.8 Å². The fourth-order valence-corrected chi connectivity index (χ4v) is 0.950. The van der Waals surface area contributed by atoms with Gasteiger partial charge in [0.05, 0.1) is 0 Å². The number of carbonyl (C=O) groups is 2. The maximum absolute atomic E-state index is 10.3. The second-order valence-corrected chi connectivity index (χ2v) is 2.54. The van der Waals surface area contributed by atoms with Crippen molar-refractivity contribution in [3.05, 3.63) is 0 Å². The predicted octanol–water partition coefficient (Wildman–Crippen LogP) is -1.11. The molecule has 0 aromatic carbocycles. The van der Waals surface area contributed by atoms with Crippen molar-refractivity contribution in [2.45, 2.75) is 18.3 Å². The molecule has 0 aliphatic carbocycles. The van der Waals surface area contributed by atoms with Crippen molar-refractivity contribution in [3.63, 3.8) is 0 Å². The summed E-state index contributed by atoms with van der Waals surface area (Å²) in [5, 5.41) is 11.0. The van der Waals surface area contributed by atoms with Gasteiger partial charge in [-0.1, -0.05) is 0 Å². The van der Waals surface area contributed by atoms with Crippen molar-refractivity contribution in [1.82, 2.24) is 5.32 Å². The molecule has 0 aromatic rings. The molecule has 0 saturated heterocycles. The van der Waals surface area contributed by atoms with E-state index in [-0.39, 0.29) is 5.91 Å². The molecule has 4 nitrogen and oxygen atoms in total. The third-order valence-electron chi connectivity index (χ3n) is 0.858. The SMILES string of the molecule is CC(=O)NC(C[SeH])C(=O)O. The number of nitrogens with one attached hydrogen (secondary N) is 1. The van der Waals surface area contributed by atoms with Gasteiger partial charge in [-0.25, -0.2) is 0 Å². The molecule has 0 aromatic heterocycles. The zero-order chi connectivity index (χ0) is 8.15. The molecule has 0 radical (unpaired) electrons. The van der Waals surface area contributed by atoms with E-state index in [0.717, 1.165) is 0 Å². The van der Waals surface area contributed by atoms with Crippen molar-refractivity contribution in [1.29, 1.82) is 0 Å². The van der Waals surface area contributed by atoms with E-state index in [9.17, 15) is 9.59 Å². The monoisotopic (exact) mass is 211 g/mol. The fraction of sp³-hybridized carbons (Fsp3) is 0.600. The van der Waals surface area contributed by atoms with Crippen molar-refractivity contribution >= 4 is 27.9 Å². The van der Waals surface area contributed by atoms with Gasteiger partial charge in [-0.2, -0.15) is 0 Å². The molecule has 0 aliphatic heterocycles. The van der Waals surface area contributed by atoms with Crippen LogP contribution in [0.15, 0.2) is 0 Å². The number of aliphatic carboxylic acids is 1. The summed E-state index contributed by atoms with van der Waals surface area (Å²) in [7, 11) is 0. The summed E-state index contributed by atoms with van der Waals surface area (Å²) < 4.78 is 0. The van der Waals surface area contributed by atoms with Gasteiger partial charge < -0.3 is 0 Å². The van der Waals surface area contributed by atoms with E-state index < -0.39 is 12.0 Å². The number of rotatable bonds is 3. The van der Waals surface area contributed by atoms with Crippen LogP contribution in [0, 0.1) is 0 Å². The van der Waals surface area contributed by atoms with Crippen LogP contribution in [-0.4, -0.2) is 39.0 Å². The molecule has 1 atom stereocenters. The second-order valence-electron chi connectivity index (χ2n) is 1.77. The molecule has 0 saturated carbocycles. The van der Waals surface area contributed by atoms with E-state index in [1.54, 1.807) is 0 Å². The van der Waals surface area contributed by atoms with Crippen LogP contribution in [0.1, 0.15) is 6.92 Å². The quantitative estimate of drug-likeness (QED) is 0.581. The molecule has 5 heteroatoms. The van der Waals surface area contributed by atoms with Crippen LogP contribution in [0.5, 0.6) is 0 Å². The summed E-state index contributed by atoms with van der Waals surface area (Å²) in [5.74, 6) is -1.32. The molecular formula is C5H9NO3Se. The van der Waals surface area contributed by atoms with Gasteiger partial charge in [0.25, 0.3) is 0 Å². The van der Waals surface area contributed by atoms with Gasteiger partial charge in [-0.3, -0.25) is 0 Å². The number of hydrogen-bond donors (Lipinski definition) is 2. The van der Waals surface area contributed by atoms with E-state index in [2.05, 4.69) is 21.3 Å². The normalized spacial score (nSPS) is 12.2. The van der Waals surface area contributed by atoms with Gasteiger partial charge in [0, 0.05) is 0 Å². The molecule has 0 aliphatic rings. The molecule has 0 rings (SSSR count). The summed E-state index contributed by atoms with van der Waals surface area (Å²) in [5.41, 5.74) is 0.